The lowest BCUT2D eigenvalue weighted by Gasteiger charge is -2.28. The molecule has 110 valence electrons. The summed E-state index contributed by atoms with van der Waals surface area (Å²) in [6.45, 7) is 0.277. The van der Waals surface area contributed by atoms with Crippen molar-refractivity contribution >= 4 is 12.1 Å². The zero-order chi connectivity index (χ0) is 15.4. The van der Waals surface area contributed by atoms with Gasteiger partial charge in [-0.1, -0.05) is 24.3 Å². The van der Waals surface area contributed by atoms with Crippen molar-refractivity contribution in [3.63, 3.8) is 0 Å². The SMILES string of the molecule is COC(=O)CC(CC#N)C1c2ccccc2CN1C(=O)O. The van der Waals surface area contributed by atoms with Crippen molar-refractivity contribution < 1.29 is 19.4 Å². The zero-order valence-electron chi connectivity index (χ0n) is 11.7. The molecule has 21 heavy (non-hydrogen) atoms. The Hall–Kier alpha value is -2.55. The Morgan fingerprint density at radius 1 is 1.52 bits per heavy atom. The van der Waals surface area contributed by atoms with Crippen LogP contribution in [-0.4, -0.2) is 29.2 Å². The summed E-state index contributed by atoms with van der Waals surface area (Å²) in [6, 6.07) is 8.95. The number of fused-ring (bicyclic) bond motifs is 1. The maximum absolute atomic E-state index is 11.5. The summed E-state index contributed by atoms with van der Waals surface area (Å²) in [5.41, 5.74) is 1.78. The number of nitriles is 1. The van der Waals surface area contributed by atoms with Crippen molar-refractivity contribution in [2.24, 2.45) is 5.92 Å². The molecule has 6 heteroatoms. The molecule has 0 saturated carbocycles. The summed E-state index contributed by atoms with van der Waals surface area (Å²) in [7, 11) is 1.28. The molecule has 0 spiro atoms. The molecule has 1 heterocycles. The molecule has 1 aliphatic heterocycles. The number of carboxylic acid groups (broad SMARTS) is 1. The number of ether oxygens (including phenoxy) is 1. The molecule has 0 radical (unpaired) electrons. The minimum atomic E-state index is -1.05. The smallest absolute Gasteiger partial charge is 0.408 e. The number of amides is 1. The first kappa shape index (κ1) is 14.9. The summed E-state index contributed by atoms with van der Waals surface area (Å²) >= 11 is 0. The van der Waals surface area contributed by atoms with Gasteiger partial charge in [0.05, 0.1) is 25.6 Å². The van der Waals surface area contributed by atoms with Gasteiger partial charge in [-0.05, 0) is 11.1 Å². The Morgan fingerprint density at radius 3 is 2.86 bits per heavy atom. The standard InChI is InChI=1S/C15H16N2O4/c1-21-13(18)8-10(6-7-16)14-12-5-3-2-4-11(12)9-17(14)15(19)20/h2-5,10,14H,6,8-9H2,1H3,(H,19,20). The van der Waals surface area contributed by atoms with E-state index >= 15 is 0 Å². The molecule has 2 unspecified atom stereocenters. The van der Waals surface area contributed by atoms with Crippen LogP contribution in [0.25, 0.3) is 0 Å². The molecule has 0 aromatic heterocycles. The molecule has 0 bridgehead atoms. The zero-order valence-corrected chi connectivity index (χ0v) is 11.7. The van der Waals surface area contributed by atoms with Crippen molar-refractivity contribution in [1.82, 2.24) is 4.90 Å². The van der Waals surface area contributed by atoms with Crippen molar-refractivity contribution in [2.45, 2.75) is 25.4 Å². The largest absolute Gasteiger partial charge is 0.469 e. The predicted octanol–water partition coefficient (Wildman–Crippen LogP) is 2.31. The first-order chi connectivity index (χ1) is 10.1. The van der Waals surface area contributed by atoms with Crippen LogP contribution in [0, 0.1) is 17.2 Å². The minimum Gasteiger partial charge on any atom is -0.469 e. The maximum atomic E-state index is 11.5. The summed E-state index contributed by atoms with van der Waals surface area (Å²) in [6.07, 6.45) is -0.936. The topological polar surface area (TPSA) is 90.6 Å². The van der Waals surface area contributed by atoms with E-state index in [0.717, 1.165) is 11.1 Å². The number of hydrogen-bond donors (Lipinski definition) is 1. The average Bonchev–Trinajstić information content (AvgIpc) is 2.86. The third-order valence-corrected chi connectivity index (χ3v) is 3.75. The fourth-order valence-corrected chi connectivity index (χ4v) is 2.82. The van der Waals surface area contributed by atoms with Gasteiger partial charge in [-0.25, -0.2) is 4.79 Å². The number of hydrogen-bond acceptors (Lipinski definition) is 4. The van der Waals surface area contributed by atoms with Crippen molar-refractivity contribution in [3.05, 3.63) is 35.4 Å². The van der Waals surface area contributed by atoms with Gasteiger partial charge < -0.3 is 9.84 Å². The molecule has 1 aliphatic rings. The monoisotopic (exact) mass is 288 g/mol. The highest BCUT2D eigenvalue weighted by Gasteiger charge is 2.39. The van der Waals surface area contributed by atoms with Gasteiger partial charge in [-0.2, -0.15) is 5.26 Å². The summed E-state index contributed by atoms with van der Waals surface area (Å²) in [5, 5.41) is 18.4. The number of carbonyl (C=O) groups is 2. The van der Waals surface area contributed by atoms with E-state index in [9.17, 15) is 14.7 Å². The second-order valence-corrected chi connectivity index (χ2v) is 4.96. The van der Waals surface area contributed by atoms with Gasteiger partial charge in [0.25, 0.3) is 0 Å². The molecule has 1 amide bonds. The Labute approximate surface area is 122 Å². The maximum Gasteiger partial charge on any atom is 0.408 e. The van der Waals surface area contributed by atoms with Crippen LogP contribution in [0.4, 0.5) is 4.79 Å². The molecular weight excluding hydrogens is 272 g/mol. The van der Waals surface area contributed by atoms with E-state index in [1.165, 1.54) is 12.0 Å². The molecule has 1 aromatic carbocycles. The average molecular weight is 288 g/mol. The fraction of sp³-hybridized carbons (Fsp3) is 0.400. The third-order valence-electron chi connectivity index (χ3n) is 3.75. The highest BCUT2D eigenvalue weighted by Crippen LogP contribution is 2.41. The minimum absolute atomic E-state index is 0.0207. The fourth-order valence-electron chi connectivity index (χ4n) is 2.82. The van der Waals surface area contributed by atoms with Crippen LogP contribution in [0.3, 0.4) is 0 Å². The Bertz CT molecular complexity index is 594. The molecule has 0 aliphatic carbocycles. The second kappa shape index (κ2) is 6.27. The summed E-state index contributed by atoms with van der Waals surface area (Å²) < 4.78 is 4.66. The van der Waals surface area contributed by atoms with E-state index < -0.39 is 24.0 Å². The number of esters is 1. The van der Waals surface area contributed by atoms with Gasteiger partial charge in [0.2, 0.25) is 0 Å². The number of nitrogens with zero attached hydrogens (tertiary/aromatic N) is 2. The Balaban J connectivity index is 2.37. The molecule has 6 nitrogen and oxygen atoms in total. The van der Waals surface area contributed by atoms with Crippen LogP contribution in [0.15, 0.2) is 24.3 Å². The van der Waals surface area contributed by atoms with E-state index in [1.807, 2.05) is 30.3 Å². The predicted molar refractivity (Wildman–Crippen MR) is 73.1 cm³/mol. The van der Waals surface area contributed by atoms with Crippen LogP contribution >= 0.6 is 0 Å². The normalized spacial score (nSPS) is 17.7. The van der Waals surface area contributed by atoms with E-state index in [4.69, 9.17) is 5.26 Å². The van der Waals surface area contributed by atoms with E-state index in [-0.39, 0.29) is 19.4 Å². The van der Waals surface area contributed by atoms with E-state index in [0.29, 0.717) is 0 Å². The molecule has 1 aromatic rings. The van der Waals surface area contributed by atoms with Crippen LogP contribution in [0.1, 0.15) is 30.0 Å². The Kier molecular flexibility index (Phi) is 4.43. The van der Waals surface area contributed by atoms with Gasteiger partial charge >= 0.3 is 12.1 Å². The number of rotatable bonds is 4. The first-order valence-electron chi connectivity index (χ1n) is 6.59. The van der Waals surface area contributed by atoms with Crippen LogP contribution in [0.2, 0.25) is 0 Å². The van der Waals surface area contributed by atoms with Crippen molar-refractivity contribution in [1.29, 1.82) is 5.26 Å². The molecule has 0 saturated heterocycles. The lowest BCUT2D eigenvalue weighted by molar-refractivity contribution is -0.142. The molecule has 2 atom stereocenters. The second-order valence-electron chi connectivity index (χ2n) is 4.96. The Morgan fingerprint density at radius 2 is 2.24 bits per heavy atom. The van der Waals surface area contributed by atoms with E-state index in [1.54, 1.807) is 0 Å². The van der Waals surface area contributed by atoms with E-state index in [2.05, 4.69) is 4.74 Å². The molecular formula is C15H16N2O4. The highest BCUT2D eigenvalue weighted by atomic mass is 16.5. The van der Waals surface area contributed by atoms with Gasteiger partial charge in [0, 0.05) is 18.9 Å². The number of methoxy groups -OCH3 is 1. The lowest BCUT2D eigenvalue weighted by atomic mass is 9.88. The van der Waals surface area contributed by atoms with Crippen LogP contribution in [-0.2, 0) is 16.1 Å². The van der Waals surface area contributed by atoms with Gasteiger partial charge in [-0.15, -0.1) is 0 Å². The highest BCUT2D eigenvalue weighted by molar-refractivity contribution is 5.71. The van der Waals surface area contributed by atoms with Gasteiger partial charge in [-0.3, -0.25) is 9.69 Å². The van der Waals surface area contributed by atoms with Crippen LogP contribution in [0.5, 0.6) is 0 Å². The number of benzene rings is 1. The van der Waals surface area contributed by atoms with Gasteiger partial charge in [0.15, 0.2) is 0 Å². The third kappa shape index (κ3) is 2.97. The molecule has 2 rings (SSSR count). The summed E-state index contributed by atoms with van der Waals surface area (Å²) in [5.74, 6) is -0.854. The summed E-state index contributed by atoms with van der Waals surface area (Å²) in [4.78, 5) is 24.3. The quantitative estimate of drug-likeness (QED) is 0.858. The first-order valence-corrected chi connectivity index (χ1v) is 6.59. The molecule has 1 N–H and O–H groups in total. The van der Waals surface area contributed by atoms with Crippen molar-refractivity contribution in [3.8, 4) is 6.07 Å². The number of carbonyl (C=O) groups excluding carboxylic acids is 1. The molecule has 0 fully saturated rings. The van der Waals surface area contributed by atoms with Crippen LogP contribution < -0.4 is 0 Å². The van der Waals surface area contributed by atoms with Gasteiger partial charge in [0.1, 0.15) is 0 Å². The lowest BCUT2D eigenvalue weighted by Crippen LogP contribution is -2.33. The van der Waals surface area contributed by atoms with Crippen molar-refractivity contribution in [2.75, 3.05) is 7.11 Å².